The molecule has 4 bridgehead atoms. The van der Waals surface area contributed by atoms with Crippen LogP contribution in [0, 0.1) is 98.6 Å². The zero-order valence-electron chi connectivity index (χ0n) is 45.5. The van der Waals surface area contributed by atoms with Gasteiger partial charge in [0, 0.05) is 52.2 Å². The Labute approximate surface area is 456 Å². The Kier molecular flexibility index (Phi) is 12.3. The van der Waals surface area contributed by atoms with Crippen molar-refractivity contribution in [2.24, 2.45) is 86.8 Å². The molecule has 1 heterocycles. The van der Waals surface area contributed by atoms with Gasteiger partial charge in [0.1, 0.15) is 23.6 Å². The van der Waals surface area contributed by atoms with E-state index in [1.807, 2.05) is 25.2 Å². The Morgan fingerprint density at radius 2 is 1.60 bits per heavy atom. The minimum atomic E-state index is -2.25. The summed E-state index contributed by atoms with van der Waals surface area (Å²) in [6.45, 7) is -0.128. The second kappa shape index (κ2) is 18.4. The molecule has 10 nitrogen and oxygen atoms in total. The highest BCUT2D eigenvalue weighted by Gasteiger charge is 2.87. The number of allylic oxidation sites excluding steroid dienone is 2. The standard InChI is InChI=1S/C67H85NO9/c1-68-54-32-48-43(15-9-17-45(48)36-69)22-26-61(24-7-8-25-61)37-63-28-23-55-64(39-70)38-62(27-21-41(34-62)20-19-40-11-3-2-4-12-40)59(72)52-30-44-16-10-18-47(42-13-5-6-14-42)49(44)31-53(66(52,64)75)60(73)67(55,76)65(63,74)35-46-29-50(54)58-51(57(46)63)33-56(71)77-58/h2-4,9-12,15-17,33,39,41-42,44,46-47,49-50,52-55,57-60,68-69,72-76H,5-8,13-14,18-21,23-25,27-32,34-38H2,1H3/t41-,44+,46-,47-,49+,50-,52+,53-,54+,55+,57+,58+,59+,60+,62+,63-,64-,65+,66+,67+/m0/s1. The van der Waals surface area contributed by atoms with Gasteiger partial charge in [0.2, 0.25) is 0 Å². The van der Waals surface area contributed by atoms with Gasteiger partial charge in [0.15, 0.2) is 0 Å². The van der Waals surface area contributed by atoms with E-state index >= 15 is 15.0 Å². The van der Waals surface area contributed by atoms with Crippen molar-refractivity contribution in [1.29, 1.82) is 0 Å². The molecule has 13 aliphatic rings. The van der Waals surface area contributed by atoms with E-state index in [2.05, 4.69) is 59.6 Å². The van der Waals surface area contributed by atoms with E-state index in [4.69, 9.17) is 4.74 Å². The lowest BCUT2D eigenvalue weighted by atomic mass is 9.32. The lowest BCUT2D eigenvalue weighted by molar-refractivity contribution is -0.385. The predicted molar refractivity (Wildman–Crippen MR) is 291 cm³/mol. The fourth-order valence-corrected chi connectivity index (χ4v) is 22.8. The summed E-state index contributed by atoms with van der Waals surface area (Å²) in [6, 6.07) is 16.4. The van der Waals surface area contributed by atoms with Gasteiger partial charge in [-0.15, -0.1) is 0 Å². The summed E-state index contributed by atoms with van der Waals surface area (Å²) in [6.07, 6.45) is 21.1. The van der Waals surface area contributed by atoms with E-state index < -0.39 is 80.5 Å². The van der Waals surface area contributed by atoms with Crippen LogP contribution in [0.2, 0.25) is 0 Å². The van der Waals surface area contributed by atoms with E-state index in [1.54, 1.807) is 6.08 Å². The Balaban J connectivity index is 0.957. The molecular formula is C67H85NO9. The van der Waals surface area contributed by atoms with E-state index in [9.17, 15) is 25.2 Å². The van der Waals surface area contributed by atoms with Crippen molar-refractivity contribution in [3.05, 3.63) is 94.6 Å². The number of aliphatic hydroxyl groups excluding tert-OH is 3. The van der Waals surface area contributed by atoms with Crippen molar-refractivity contribution < 1.29 is 45.0 Å². The van der Waals surface area contributed by atoms with E-state index in [1.165, 1.54) is 18.4 Å². The number of aliphatic hydroxyl groups is 6. The summed E-state index contributed by atoms with van der Waals surface area (Å²) < 4.78 is 6.46. The zero-order valence-corrected chi connectivity index (χ0v) is 45.5. The third kappa shape index (κ3) is 7.05. The number of rotatable bonds is 7. The molecule has 1 aliphatic heterocycles. The molecule has 412 valence electrons. The van der Waals surface area contributed by atoms with E-state index in [0.717, 1.165) is 99.2 Å². The Bertz CT molecular complexity index is 2790. The summed E-state index contributed by atoms with van der Waals surface area (Å²) in [4.78, 5) is 29.4. The highest BCUT2D eigenvalue weighted by molar-refractivity contribution is 5.86. The maximum absolute atomic E-state index is 15.4. The topological polar surface area (TPSA) is 177 Å². The number of hydrogen-bond donors (Lipinski definition) is 7. The first-order chi connectivity index (χ1) is 37.2. The van der Waals surface area contributed by atoms with Crippen LogP contribution in [0.1, 0.15) is 157 Å². The Hall–Kier alpha value is -3.66. The normalized spacial score (nSPS) is 47.9. The second-order valence-corrected chi connectivity index (χ2v) is 28.3. The fourth-order valence-electron chi connectivity index (χ4n) is 22.8. The predicted octanol–water partition coefficient (Wildman–Crippen LogP) is 8.49. The van der Waals surface area contributed by atoms with Gasteiger partial charge in [-0.1, -0.05) is 105 Å². The molecule has 15 rings (SSSR count). The van der Waals surface area contributed by atoms with Crippen LogP contribution in [0.15, 0.2) is 72.3 Å². The maximum Gasteiger partial charge on any atom is 0.331 e. The maximum atomic E-state index is 15.4. The first-order valence-corrected chi connectivity index (χ1v) is 30.8. The van der Waals surface area contributed by atoms with Crippen LogP contribution in [0.4, 0.5) is 0 Å². The van der Waals surface area contributed by atoms with Crippen molar-refractivity contribution in [3.63, 3.8) is 0 Å². The van der Waals surface area contributed by atoms with Gasteiger partial charge >= 0.3 is 5.97 Å². The molecule has 7 N–H and O–H groups in total. The van der Waals surface area contributed by atoms with Crippen LogP contribution in [0.5, 0.6) is 0 Å². The molecule has 0 saturated heterocycles. The van der Waals surface area contributed by atoms with Crippen molar-refractivity contribution in [2.75, 3.05) is 7.05 Å². The first kappa shape index (κ1) is 51.5. The number of aldehydes is 1. The number of benzene rings is 2. The zero-order chi connectivity index (χ0) is 52.9. The minimum Gasteiger partial charge on any atom is -0.454 e. The molecule has 77 heavy (non-hydrogen) atoms. The summed E-state index contributed by atoms with van der Waals surface area (Å²) in [5, 5.41) is 87.0. The van der Waals surface area contributed by atoms with Gasteiger partial charge in [-0.25, -0.2) is 4.79 Å². The van der Waals surface area contributed by atoms with Crippen LogP contribution in [-0.2, 0) is 33.8 Å². The average molecular weight is 1050 g/mol. The molecule has 2 aromatic rings. The van der Waals surface area contributed by atoms with Crippen molar-refractivity contribution in [3.8, 4) is 11.8 Å². The molecule has 0 amide bonds. The van der Waals surface area contributed by atoms with Gasteiger partial charge in [-0.2, -0.15) is 0 Å². The molecule has 10 heteroatoms. The number of nitrogens with one attached hydrogen (secondary N) is 1. The largest absolute Gasteiger partial charge is 0.454 e. The average Bonchev–Trinajstić information content (AvgIpc) is 4.31. The lowest BCUT2D eigenvalue weighted by Crippen LogP contribution is -2.86. The van der Waals surface area contributed by atoms with Gasteiger partial charge in [-0.05, 0) is 191 Å². The smallest absolute Gasteiger partial charge is 0.331 e. The number of aryl methyl sites for hydroxylation is 1. The van der Waals surface area contributed by atoms with Crippen LogP contribution in [0.3, 0.4) is 0 Å². The number of hydrogen-bond acceptors (Lipinski definition) is 10. The van der Waals surface area contributed by atoms with E-state index in [0.29, 0.717) is 62.7 Å². The Morgan fingerprint density at radius 1 is 0.805 bits per heavy atom. The highest BCUT2D eigenvalue weighted by atomic mass is 16.5. The SMILES string of the molecule is CN[C@@H]1Cc2c(cccc2CO)C#CC2(CCCC2)C[C@]23CC[C@H]4[C@@](O)([C@H](O)[C@@H]5C[C@@H]6[C@H](C=CC[C@H]6C6CCCC6)C[C@@H]6[C@@H](O)[C@@]7(CC[C@H](CCc8ccccc8)C7)C[C@@]4(C=O)[C@@]65O)[C@@]2(O)C[C@@H]2C[C@@H]1[C@H]1OC(=O)C=C1[C@@H]23. The number of fused-ring (bicyclic) bond motifs is 5. The van der Waals surface area contributed by atoms with E-state index in [-0.39, 0.29) is 61.5 Å². The van der Waals surface area contributed by atoms with Crippen LogP contribution < -0.4 is 5.32 Å². The molecule has 9 fully saturated rings. The molecule has 9 saturated carbocycles. The molecule has 3 spiro atoms. The van der Waals surface area contributed by atoms with Crippen molar-refractivity contribution in [1.82, 2.24) is 5.32 Å². The lowest BCUT2D eigenvalue weighted by Gasteiger charge is -2.75. The number of carbonyl (C=O) groups excluding carboxylic acids is 2. The summed E-state index contributed by atoms with van der Waals surface area (Å²) >= 11 is 0. The number of likely N-dealkylation sites (N-methyl/N-ethyl adjacent to an activating group) is 1. The first-order valence-electron chi connectivity index (χ1n) is 30.8. The summed E-state index contributed by atoms with van der Waals surface area (Å²) in [5.41, 5.74) is -5.24. The summed E-state index contributed by atoms with van der Waals surface area (Å²) in [5.74, 6) is 4.86. The third-order valence-corrected chi connectivity index (χ3v) is 25.7. The molecule has 2 aromatic carbocycles. The third-order valence-electron chi connectivity index (χ3n) is 25.7. The van der Waals surface area contributed by atoms with Gasteiger partial charge in [0.05, 0.1) is 29.8 Å². The number of carbonyl (C=O) groups is 2. The molecule has 12 aliphatic carbocycles. The monoisotopic (exact) mass is 1050 g/mol. The van der Waals surface area contributed by atoms with Crippen LogP contribution >= 0.6 is 0 Å². The van der Waals surface area contributed by atoms with Crippen LogP contribution in [-0.4, -0.2) is 91.1 Å². The molecule has 20 atom stereocenters. The van der Waals surface area contributed by atoms with Gasteiger partial charge < -0.3 is 45.5 Å². The van der Waals surface area contributed by atoms with Gasteiger partial charge in [-0.3, -0.25) is 0 Å². The van der Waals surface area contributed by atoms with Crippen molar-refractivity contribution >= 4 is 12.3 Å². The van der Waals surface area contributed by atoms with Crippen molar-refractivity contribution in [2.45, 2.75) is 195 Å². The highest BCUT2D eigenvalue weighted by Crippen LogP contribution is 2.80. The molecular weight excluding hydrogens is 963 g/mol. The van der Waals surface area contributed by atoms with Crippen LogP contribution in [0.25, 0.3) is 0 Å². The molecule has 0 radical (unpaired) electrons. The number of ether oxygens (including phenoxy) is 1. The summed E-state index contributed by atoms with van der Waals surface area (Å²) in [7, 11) is 1.94. The minimum absolute atomic E-state index is 0.0255. The Morgan fingerprint density at radius 3 is 2.36 bits per heavy atom. The fraction of sp³-hybridized carbons (Fsp3) is 0.701. The quantitative estimate of drug-likeness (QED) is 0.0617. The number of esters is 1. The van der Waals surface area contributed by atoms with Gasteiger partial charge in [0.25, 0.3) is 0 Å². The second-order valence-electron chi connectivity index (χ2n) is 28.3. The molecule has 0 aromatic heterocycles. The molecule has 0 unspecified atom stereocenters.